The summed E-state index contributed by atoms with van der Waals surface area (Å²) in [5, 5.41) is 27.7. The van der Waals surface area contributed by atoms with Gasteiger partial charge in [0.2, 0.25) is 11.8 Å². The lowest BCUT2D eigenvalue weighted by molar-refractivity contribution is -0.253. The number of nitrogens with zero attached hydrogens (tertiary/aromatic N) is 1. The molecule has 6 N–H and O–H groups in total. The molecule has 0 bridgehead atoms. The minimum Gasteiger partial charge on any atom is -0.397 e. The summed E-state index contributed by atoms with van der Waals surface area (Å²) in [6.45, 7) is 2.54. The maximum atomic E-state index is 12.8. The number of carbonyl (C=O) groups excluding carboxylic acids is 2. The van der Waals surface area contributed by atoms with E-state index in [-0.39, 0.29) is 30.6 Å². The maximum Gasteiger partial charge on any atom is 0.224 e. The second kappa shape index (κ2) is 19.8. The first-order chi connectivity index (χ1) is 28.7. The van der Waals surface area contributed by atoms with E-state index in [9.17, 15) is 19.8 Å². The monoisotopic (exact) mass is 816 g/mol. The average molecular weight is 817 g/mol. The molecule has 2 heterocycles. The predicted molar refractivity (Wildman–Crippen MR) is 231 cm³/mol. The normalized spacial score (nSPS) is 19.2. The standard InChI is InChI=1S/C48H53ClN4O6/c49-39-23-21-38(22-24-39)48(57)25-27-53(28-26-48)31-40-29-44(35-15-13-33(32-54)14-16-35)59-47(58-40)36-19-17-34(18-20-36)41-8-2-1-7-37(41)30-51-45(55)11-5-6-12-46(56)52-43-10-4-3-9-42(43)50/h1-4,7-10,13-24,40,44,47,54,57H,5-6,11-12,25-32,50H2,(H,51,55)(H,52,56)/t40-,44+,47+/m0/s1. The molecule has 3 atom stereocenters. The Labute approximate surface area is 351 Å². The van der Waals surface area contributed by atoms with Crippen molar-refractivity contribution in [3.63, 3.8) is 0 Å². The molecule has 2 saturated heterocycles. The van der Waals surface area contributed by atoms with E-state index in [0.29, 0.717) is 74.4 Å². The number of unbranched alkanes of at least 4 members (excludes halogenated alkanes) is 1. The highest BCUT2D eigenvalue weighted by Crippen LogP contribution is 2.40. The number of likely N-dealkylation sites (tertiary alicyclic amines) is 1. The fourth-order valence-corrected chi connectivity index (χ4v) is 8.05. The van der Waals surface area contributed by atoms with Gasteiger partial charge in [-0.05, 0) is 83.3 Å². The lowest BCUT2D eigenvalue weighted by Crippen LogP contribution is -2.46. The fourth-order valence-electron chi connectivity index (χ4n) is 7.93. The Bertz CT molecular complexity index is 2160. The first-order valence-corrected chi connectivity index (χ1v) is 20.8. The zero-order chi connectivity index (χ0) is 41.2. The van der Waals surface area contributed by atoms with E-state index in [1.54, 1.807) is 12.1 Å². The van der Waals surface area contributed by atoms with Crippen molar-refractivity contribution in [3.8, 4) is 11.1 Å². The Balaban J connectivity index is 0.956. The summed E-state index contributed by atoms with van der Waals surface area (Å²) in [7, 11) is 0. The zero-order valence-corrected chi connectivity index (χ0v) is 34.0. The van der Waals surface area contributed by atoms with Gasteiger partial charge in [0.15, 0.2) is 6.29 Å². The summed E-state index contributed by atoms with van der Waals surface area (Å²) in [4.78, 5) is 27.5. The van der Waals surface area contributed by atoms with Gasteiger partial charge in [0.25, 0.3) is 0 Å². The first-order valence-electron chi connectivity index (χ1n) is 20.5. The van der Waals surface area contributed by atoms with Crippen LogP contribution in [0, 0.1) is 0 Å². The molecular formula is C48H53ClN4O6. The number of anilines is 2. The molecule has 0 radical (unpaired) electrons. The molecule has 308 valence electrons. The number of rotatable bonds is 15. The second-order valence-electron chi connectivity index (χ2n) is 15.6. The number of hydrogen-bond donors (Lipinski definition) is 5. The van der Waals surface area contributed by atoms with Crippen LogP contribution in [0.25, 0.3) is 11.1 Å². The highest BCUT2D eigenvalue weighted by molar-refractivity contribution is 6.30. The van der Waals surface area contributed by atoms with Crippen LogP contribution >= 0.6 is 11.6 Å². The number of aliphatic hydroxyl groups excluding tert-OH is 1. The number of nitrogen functional groups attached to an aromatic ring is 1. The number of para-hydroxylation sites is 2. The van der Waals surface area contributed by atoms with E-state index in [2.05, 4.69) is 33.7 Å². The summed E-state index contributed by atoms with van der Waals surface area (Å²) >= 11 is 6.11. The van der Waals surface area contributed by atoms with Crippen LogP contribution in [0.5, 0.6) is 0 Å². The SMILES string of the molecule is Nc1ccccc1NC(=O)CCCCC(=O)NCc1ccccc1-c1ccc([C@@H]2O[C@H](CN3CCC(O)(c4ccc(Cl)cc4)CC3)C[C@H](c3ccc(CO)cc3)O2)cc1. The summed E-state index contributed by atoms with van der Waals surface area (Å²) in [5.74, 6) is -0.187. The van der Waals surface area contributed by atoms with Crippen molar-refractivity contribution in [2.45, 2.75) is 82.2 Å². The van der Waals surface area contributed by atoms with Crippen LogP contribution in [-0.2, 0) is 37.8 Å². The Morgan fingerprint density at radius 2 is 1.46 bits per heavy atom. The molecule has 2 amide bonds. The Hall–Kier alpha value is -5.07. The largest absolute Gasteiger partial charge is 0.397 e. The molecule has 10 nitrogen and oxygen atoms in total. The molecule has 2 aliphatic rings. The lowest BCUT2D eigenvalue weighted by Gasteiger charge is -2.42. The van der Waals surface area contributed by atoms with Crippen LogP contribution in [0.2, 0.25) is 5.02 Å². The Morgan fingerprint density at radius 1 is 0.797 bits per heavy atom. The van der Waals surface area contributed by atoms with Gasteiger partial charge < -0.3 is 41.0 Å². The number of aliphatic hydroxyl groups is 2. The topological polar surface area (TPSA) is 146 Å². The zero-order valence-electron chi connectivity index (χ0n) is 33.2. The van der Waals surface area contributed by atoms with Gasteiger partial charge in [0, 0.05) is 56.0 Å². The van der Waals surface area contributed by atoms with Crippen LogP contribution in [-0.4, -0.2) is 52.7 Å². The Kier molecular flexibility index (Phi) is 14.1. The number of nitrogens with two attached hydrogens (primary N) is 1. The number of carbonyl (C=O) groups is 2. The molecule has 2 fully saturated rings. The van der Waals surface area contributed by atoms with E-state index < -0.39 is 11.9 Å². The molecule has 7 rings (SSSR count). The van der Waals surface area contributed by atoms with Gasteiger partial charge >= 0.3 is 0 Å². The van der Waals surface area contributed by atoms with Gasteiger partial charge in [-0.25, -0.2) is 0 Å². The minimum absolute atomic E-state index is 0.0205. The summed E-state index contributed by atoms with van der Waals surface area (Å²) < 4.78 is 13.3. The molecule has 5 aromatic carbocycles. The van der Waals surface area contributed by atoms with Gasteiger partial charge in [-0.15, -0.1) is 0 Å². The third kappa shape index (κ3) is 11.2. The average Bonchev–Trinajstić information content (AvgIpc) is 3.26. The van der Waals surface area contributed by atoms with E-state index in [1.165, 1.54) is 0 Å². The molecule has 5 aromatic rings. The molecule has 0 unspecified atom stereocenters. The third-order valence-electron chi connectivity index (χ3n) is 11.4. The molecular weight excluding hydrogens is 764 g/mol. The van der Waals surface area contributed by atoms with Gasteiger partial charge in [-0.1, -0.05) is 109 Å². The minimum atomic E-state index is -0.886. The number of hydrogen-bond acceptors (Lipinski definition) is 8. The van der Waals surface area contributed by atoms with Crippen molar-refractivity contribution in [3.05, 3.63) is 154 Å². The predicted octanol–water partition coefficient (Wildman–Crippen LogP) is 8.43. The van der Waals surface area contributed by atoms with Crippen LogP contribution in [0.3, 0.4) is 0 Å². The van der Waals surface area contributed by atoms with Gasteiger partial charge in [0.1, 0.15) is 0 Å². The van der Waals surface area contributed by atoms with Crippen molar-refractivity contribution < 1.29 is 29.3 Å². The number of piperidine rings is 1. The number of nitrogens with one attached hydrogen (secondary N) is 2. The second-order valence-corrected chi connectivity index (χ2v) is 16.0. The molecule has 11 heteroatoms. The van der Waals surface area contributed by atoms with Crippen LogP contribution in [0.4, 0.5) is 11.4 Å². The van der Waals surface area contributed by atoms with Crippen LogP contribution < -0.4 is 16.4 Å². The molecule has 0 spiro atoms. The van der Waals surface area contributed by atoms with Gasteiger partial charge in [-0.3, -0.25) is 9.59 Å². The van der Waals surface area contributed by atoms with Gasteiger partial charge in [0.05, 0.1) is 35.8 Å². The highest BCUT2D eigenvalue weighted by Gasteiger charge is 2.37. The number of ether oxygens (including phenoxy) is 2. The van der Waals surface area contributed by atoms with Crippen molar-refractivity contribution in [1.82, 2.24) is 10.2 Å². The molecule has 0 saturated carbocycles. The number of benzene rings is 5. The molecule has 2 aliphatic heterocycles. The quantitative estimate of drug-likeness (QED) is 0.0523. The highest BCUT2D eigenvalue weighted by atomic mass is 35.5. The van der Waals surface area contributed by atoms with Crippen molar-refractivity contribution in [2.24, 2.45) is 0 Å². The summed E-state index contributed by atoms with van der Waals surface area (Å²) in [5.41, 5.74) is 12.8. The molecule has 0 aromatic heterocycles. The number of amides is 2. The van der Waals surface area contributed by atoms with Gasteiger partial charge in [-0.2, -0.15) is 0 Å². The van der Waals surface area contributed by atoms with Crippen molar-refractivity contribution >= 4 is 34.8 Å². The van der Waals surface area contributed by atoms with E-state index in [4.69, 9.17) is 26.8 Å². The van der Waals surface area contributed by atoms with E-state index in [0.717, 1.165) is 52.0 Å². The summed E-state index contributed by atoms with van der Waals surface area (Å²) in [6, 6.07) is 38.8. The lowest BCUT2D eigenvalue weighted by atomic mass is 9.84. The van der Waals surface area contributed by atoms with E-state index in [1.807, 2.05) is 91.0 Å². The first kappa shape index (κ1) is 42.1. The molecule has 59 heavy (non-hydrogen) atoms. The Morgan fingerprint density at radius 3 is 2.17 bits per heavy atom. The van der Waals surface area contributed by atoms with Crippen molar-refractivity contribution in [1.29, 1.82) is 0 Å². The van der Waals surface area contributed by atoms with Crippen LogP contribution in [0.1, 0.15) is 85.2 Å². The maximum absolute atomic E-state index is 12.8. The van der Waals surface area contributed by atoms with Crippen molar-refractivity contribution in [2.75, 3.05) is 30.7 Å². The third-order valence-corrected chi connectivity index (χ3v) is 11.7. The fraction of sp³-hybridized carbons (Fsp3) is 0.333. The van der Waals surface area contributed by atoms with Crippen LogP contribution in [0.15, 0.2) is 121 Å². The number of halogens is 1. The smallest absolute Gasteiger partial charge is 0.224 e. The summed E-state index contributed by atoms with van der Waals surface area (Å²) in [6.07, 6.45) is 2.81. The van der Waals surface area contributed by atoms with E-state index >= 15 is 0 Å². The molecule has 0 aliphatic carbocycles.